The summed E-state index contributed by atoms with van der Waals surface area (Å²) in [7, 11) is 0. The molecule has 0 spiro atoms. The summed E-state index contributed by atoms with van der Waals surface area (Å²) in [6.45, 7) is 6.12. The van der Waals surface area contributed by atoms with Crippen LogP contribution in [-0.4, -0.2) is 35.1 Å². The maximum atomic E-state index is 10.1. The number of aromatic nitrogens is 5. The van der Waals surface area contributed by atoms with Gasteiger partial charge in [-0.25, -0.2) is 4.52 Å². The van der Waals surface area contributed by atoms with Gasteiger partial charge < -0.3 is 5.11 Å². The van der Waals surface area contributed by atoms with Crippen molar-refractivity contribution in [3.63, 3.8) is 0 Å². The van der Waals surface area contributed by atoms with Gasteiger partial charge in [-0.2, -0.15) is 15.5 Å². The van der Waals surface area contributed by atoms with Crippen LogP contribution in [0.2, 0.25) is 0 Å². The molecule has 5 rings (SSSR count). The van der Waals surface area contributed by atoms with Gasteiger partial charge in [0.05, 0.1) is 41.8 Å². The van der Waals surface area contributed by atoms with Crippen LogP contribution in [0.3, 0.4) is 0 Å². The molecule has 3 aromatic heterocycles. The van der Waals surface area contributed by atoms with Gasteiger partial charge in [0.15, 0.2) is 0 Å². The Morgan fingerprint density at radius 3 is 2.59 bits per heavy atom. The summed E-state index contributed by atoms with van der Waals surface area (Å²) < 4.78 is 3.71. The molecule has 0 saturated heterocycles. The van der Waals surface area contributed by atoms with Gasteiger partial charge in [0.2, 0.25) is 0 Å². The molecule has 0 radical (unpaired) electrons. The van der Waals surface area contributed by atoms with E-state index in [0.717, 1.165) is 64.7 Å². The van der Waals surface area contributed by atoms with E-state index < -0.39 is 5.60 Å². The summed E-state index contributed by atoms with van der Waals surface area (Å²) in [5.74, 6) is 0.522. The van der Waals surface area contributed by atoms with Crippen LogP contribution in [0.4, 0.5) is 0 Å². The van der Waals surface area contributed by atoms with Crippen LogP contribution in [-0.2, 0) is 6.54 Å². The summed E-state index contributed by atoms with van der Waals surface area (Å²) in [5, 5.41) is 28.4. The second-order valence-electron chi connectivity index (χ2n) is 10.1. The zero-order valence-corrected chi connectivity index (χ0v) is 19.9. The van der Waals surface area contributed by atoms with Crippen LogP contribution in [0.15, 0.2) is 49.2 Å². The van der Waals surface area contributed by atoms with Gasteiger partial charge in [0, 0.05) is 41.6 Å². The minimum absolute atomic E-state index is 0.170. The van der Waals surface area contributed by atoms with Gasteiger partial charge in [0.25, 0.3) is 0 Å². The molecular formula is C27H30N6O. The highest BCUT2D eigenvalue weighted by atomic mass is 16.3. The van der Waals surface area contributed by atoms with Crippen molar-refractivity contribution < 1.29 is 5.11 Å². The lowest BCUT2D eigenvalue weighted by Gasteiger charge is -2.25. The predicted octanol–water partition coefficient (Wildman–Crippen LogP) is 5.14. The van der Waals surface area contributed by atoms with Crippen LogP contribution in [0.1, 0.15) is 56.7 Å². The number of hydrogen-bond donors (Lipinski definition) is 1. The molecular weight excluding hydrogens is 424 g/mol. The SMILES string of the molecule is Cc1cc(-c2cnn3ccnc(C4CCC(C#N)CC4)c23)ccc1-c1cnn(CC(C)(C)O)c1. The van der Waals surface area contributed by atoms with Crippen LogP contribution < -0.4 is 0 Å². The van der Waals surface area contributed by atoms with Crippen molar-refractivity contribution in [1.29, 1.82) is 5.26 Å². The van der Waals surface area contributed by atoms with Gasteiger partial charge >= 0.3 is 0 Å². The second-order valence-corrected chi connectivity index (χ2v) is 10.1. The second kappa shape index (κ2) is 8.69. The molecule has 34 heavy (non-hydrogen) atoms. The zero-order chi connectivity index (χ0) is 23.9. The summed E-state index contributed by atoms with van der Waals surface area (Å²) in [5.41, 5.74) is 6.83. The monoisotopic (exact) mass is 454 g/mol. The lowest BCUT2D eigenvalue weighted by molar-refractivity contribution is 0.0577. The molecule has 1 aromatic carbocycles. The molecule has 1 fully saturated rings. The Kier molecular flexibility index (Phi) is 5.70. The van der Waals surface area contributed by atoms with E-state index in [0.29, 0.717) is 12.5 Å². The topological polar surface area (TPSA) is 92.0 Å². The fraction of sp³-hybridized carbons (Fsp3) is 0.407. The fourth-order valence-corrected chi connectivity index (χ4v) is 5.12. The van der Waals surface area contributed by atoms with Crippen molar-refractivity contribution >= 4 is 5.52 Å². The van der Waals surface area contributed by atoms with Crippen molar-refractivity contribution in [2.75, 3.05) is 0 Å². The van der Waals surface area contributed by atoms with Crippen LogP contribution in [0.25, 0.3) is 27.8 Å². The van der Waals surface area contributed by atoms with E-state index in [1.807, 2.05) is 35.5 Å². The first-order valence-electron chi connectivity index (χ1n) is 11.9. The molecule has 0 amide bonds. The molecule has 1 saturated carbocycles. The van der Waals surface area contributed by atoms with E-state index in [2.05, 4.69) is 41.4 Å². The summed E-state index contributed by atoms with van der Waals surface area (Å²) in [6, 6.07) is 8.89. The highest BCUT2D eigenvalue weighted by molar-refractivity contribution is 5.84. The van der Waals surface area contributed by atoms with Crippen molar-refractivity contribution in [3.8, 4) is 28.3 Å². The Morgan fingerprint density at radius 2 is 1.88 bits per heavy atom. The number of benzene rings is 1. The van der Waals surface area contributed by atoms with Gasteiger partial charge in [-0.3, -0.25) is 9.67 Å². The van der Waals surface area contributed by atoms with E-state index in [9.17, 15) is 10.4 Å². The zero-order valence-electron chi connectivity index (χ0n) is 19.9. The molecule has 1 aliphatic rings. The molecule has 1 N–H and O–H groups in total. The quantitative estimate of drug-likeness (QED) is 0.451. The molecule has 3 heterocycles. The Hall–Kier alpha value is -3.50. The van der Waals surface area contributed by atoms with Crippen LogP contribution >= 0.6 is 0 Å². The van der Waals surface area contributed by atoms with Crippen molar-refractivity contribution in [2.45, 2.75) is 64.5 Å². The van der Waals surface area contributed by atoms with E-state index in [1.54, 1.807) is 18.5 Å². The summed E-state index contributed by atoms with van der Waals surface area (Å²) >= 11 is 0. The third-order valence-electron chi connectivity index (χ3n) is 6.79. The Morgan fingerprint density at radius 1 is 1.09 bits per heavy atom. The molecule has 7 nitrogen and oxygen atoms in total. The van der Waals surface area contributed by atoms with E-state index in [-0.39, 0.29) is 5.92 Å². The summed E-state index contributed by atoms with van der Waals surface area (Å²) in [4.78, 5) is 4.78. The average molecular weight is 455 g/mol. The number of aliphatic hydroxyl groups is 1. The van der Waals surface area contributed by atoms with Crippen molar-refractivity contribution in [1.82, 2.24) is 24.4 Å². The summed E-state index contributed by atoms with van der Waals surface area (Å²) in [6.07, 6.45) is 13.3. The average Bonchev–Trinajstić information content (AvgIpc) is 3.45. The van der Waals surface area contributed by atoms with Gasteiger partial charge in [-0.1, -0.05) is 18.2 Å². The third kappa shape index (κ3) is 4.34. The van der Waals surface area contributed by atoms with Crippen molar-refractivity contribution in [2.24, 2.45) is 5.92 Å². The number of rotatable bonds is 5. The number of nitriles is 1. The largest absolute Gasteiger partial charge is 0.389 e. The Balaban J connectivity index is 1.48. The first-order valence-corrected chi connectivity index (χ1v) is 11.9. The Bertz CT molecular complexity index is 1360. The number of hydrogen-bond acceptors (Lipinski definition) is 5. The predicted molar refractivity (Wildman–Crippen MR) is 131 cm³/mol. The first kappa shape index (κ1) is 22.3. The highest BCUT2D eigenvalue weighted by Gasteiger charge is 2.26. The van der Waals surface area contributed by atoms with Gasteiger partial charge in [-0.05, 0) is 63.1 Å². The normalized spacial score (nSPS) is 18.8. The smallest absolute Gasteiger partial charge is 0.0958 e. The maximum Gasteiger partial charge on any atom is 0.0958 e. The highest BCUT2D eigenvalue weighted by Crippen LogP contribution is 2.39. The minimum atomic E-state index is -0.814. The maximum absolute atomic E-state index is 10.1. The molecule has 1 aliphatic carbocycles. The fourth-order valence-electron chi connectivity index (χ4n) is 5.12. The number of aryl methyl sites for hydroxylation is 1. The first-order chi connectivity index (χ1) is 16.3. The lowest BCUT2D eigenvalue weighted by atomic mass is 9.80. The van der Waals surface area contributed by atoms with Crippen molar-refractivity contribution in [3.05, 3.63) is 60.4 Å². The number of nitrogens with zero attached hydrogens (tertiary/aromatic N) is 6. The molecule has 0 bridgehead atoms. The van der Waals surface area contributed by atoms with E-state index in [1.165, 1.54) is 0 Å². The molecule has 7 heteroatoms. The molecule has 0 aliphatic heterocycles. The Labute approximate surface area is 199 Å². The van der Waals surface area contributed by atoms with Crippen LogP contribution in [0, 0.1) is 24.2 Å². The van der Waals surface area contributed by atoms with Gasteiger partial charge in [-0.15, -0.1) is 0 Å². The lowest BCUT2D eigenvalue weighted by Crippen LogP contribution is -2.26. The molecule has 0 atom stereocenters. The molecule has 174 valence electrons. The van der Waals surface area contributed by atoms with Gasteiger partial charge in [0.1, 0.15) is 0 Å². The third-order valence-corrected chi connectivity index (χ3v) is 6.79. The molecule has 4 aromatic rings. The molecule has 0 unspecified atom stereocenters. The van der Waals surface area contributed by atoms with E-state index >= 15 is 0 Å². The standard InChI is InChI=1S/C27H30N6O/c1-18-12-21(8-9-23(18)22-14-30-32(16-22)17-27(2,3)34)24-15-31-33-11-10-29-25(26(24)33)20-6-4-19(13-28)5-7-20/h8-12,14-16,19-20,34H,4-7,17H2,1-3H3. The minimum Gasteiger partial charge on any atom is -0.389 e. The van der Waals surface area contributed by atoms with Crippen LogP contribution in [0.5, 0.6) is 0 Å². The number of fused-ring (bicyclic) bond motifs is 1. The van der Waals surface area contributed by atoms with E-state index in [4.69, 9.17) is 4.98 Å².